The summed E-state index contributed by atoms with van der Waals surface area (Å²) in [6.45, 7) is 0. The topological polar surface area (TPSA) is 43.3 Å². The number of hydrogen-bond acceptors (Lipinski definition) is 3. The van der Waals surface area contributed by atoms with Crippen LogP contribution < -0.4 is 0 Å². The molecule has 3 aromatic heterocycles. The van der Waals surface area contributed by atoms with E-state index >= 15 is 0 Å². The first-order valence-corrected chi connectivity index (χ1v) is 6.65. The van der Waals surface area contributed by atoms with Gasteiger partial charge in [-0.15, -0.1) is 0 Å². The number of rotatable bonds is 3. The van der Waals surface area contributed by atoms with Crippen molar-refractivity contribution in [1.82, 2.24) is 14.4 Å². The van der Waals surface area contributed by atoms with Gasteiger partial charge in [0.15, 0.2) is 11.5 Å². The van der Waals surface area contributed by atoms with Crippen LogP contribution in [-0.2, 0) is 12.8 Å². The number of aryl methyl sites for hydroxylation is 2. The summed E-state index contributed by atoms with van der Waals surface area (Å²) in [7, 11) is 0. The second kappa shape index (κ2) is 4.49. The fraction of sp³-hybridized carbons (Fsp3) is 0.125. The molecular formula is C16H13N3O. The van der Waals surface area contributed by atoms with Gasteiger partial charge in [0.1, 0.15) is 11.2 Å². The summed E-state index contributed by atoms with van der Waals surface area (Å²) in [5, 5.41) is 0. The van der Waals surface area contributed by atoms with Crippen molar-refractivity contribution in [3.63, 3.8) is 0 Å². The molecule has 0 bridgehead atoms. The molecule has 1 aromatic carbocycles. The van der Waals surface area contributed by atoms with Crippen molar-refractivity contribution < 1.29 is 4.42 Å². The van der Waals surface area contributed by atoms with Gasteiger partial charge in [-0.05, 0) is 30.7 Å². The van der Waals surface area contributed by atoms with Gasteiger partial charge in [0, 0.05) is 18.8 Å². The van der Waals surface area contributed by atoms with E-state index in [9.17, 15) is 0 Å². The molecule has 20 heavy (non-hydrogen) atoms. The lowest BCUT2D eigenvalue weighted by atomic mass is 10.2. The van der Waals surface area contributed by atoms with Crippen LogP contribution in [0, 0.1) is 0 Å². The summed E-state index contributed by atoms with van der Waals surface area (Å²) < 4.78 is 7.75. The predicted molar refractivity (Wildman–Crippen MR) is 76.6 cm³/mol. The Hall–Kier alpha value is -2.62. The first-order valence-electron chi connectivity index (χ1n) is 6.65. The molecule has 4 nitrogen and oxygen atoms in total. The fourth-order valence-electron chi connectivity index (χ4n) is 2.37. The Morgan fingerprint density at radius 2 is 1.85 bits per heavy atom. The molecular weight excluding hydrogens is 250 g/mol. The minimum Gasteiger partial charge on any atom is -0.441 e. The van der Waals surface area contributed by atoms with Crippen molar-refractivity contribution in [1.29, 1.82) is 0 Å². The SMILES string of the molecule is c1ccc2oc(CCc3cn4ccccc4n3)nc2c1. The molecule has 0 radical (unpaired) electrons. The van der Waals surface area contributed by atoms with E-state index < -0.39 is 0 Å². The molecule has 0 aliphatic rings. The highest BCUT2D eigenvalue weighted by Crippen LogP contribution is 2.16. The first-order chi connectivity index (χ1) is 9.88. The molecule has 0 fully saturated rings. The number of aromatic nitrogens is 3. The molecule has 0 saturated heterocycles. The lowest BCUT2D eigenvalue weighted by Gasteiger charge is -1.91. The average Bonchev–Trinajstić information content (AvgIpc) is 3.07. The van der Waals surface area contributed by atoms with Gasteiger partial charge < -0.3 is 8.82 Å². The van der Waals surface area contributed by atoms with Crippen LogP contribution in [0.3, 0.4) is 0 Å². The molecule has 0 aliphatic heterocycles. The molecule has 3 heterocycles. The minimum atomic E-state index is 0.762. The molecule has 0 atom stereocenters. The van der Waals surface area contributed by atoms with E-state index in [0.717, 1.165) is 41.2 Å². The second-order valence-electron chi connectivity index (χ2n) is 4.77. The van der Waals surface area contributed by atoms with Crippen molar-refractivity contribution in [3.05, 3.63) is 66.4 Å². The lowest BCUT2D eigenvalue weighted by molar-refractivity contribution is 0.527. The smallest absolute Gasteiger partial charge is 0.195 e. The van der Waals surface area contributed by atoms with Crippen LogP contribution in [0.1, 0.15) is 11.6 Å². The molecule has 0 aliphatic carbocycles. The normalized spacial score (nSPS) is 11.4. The lowest BCUT2D eigenvalue weighted by Crippen LogP contribution is -1.91. The maximum Gasteiger partial charge on any atom is 0.195 e. The van der Waals surface area contributed by atoms with Crippen molar-refractivity contribution in [3.8, 4) is 0 Å². The molecule has 4 rings (SSSR count). The predicted octanol–water partition coefficient (Wildman–Crippen LogP) is 3.26. The highest BCUT2D eigenvalue weighted by Gasteiger charge is 2.07. The van der Waals surface area contributed by atoms with Gasteiger partial charge in [-0.2, -0.15) is 0 Å². The monoisotopic (exact) mass is 263 g/mol. The Bertz CT molecular complexity index is 735. The summed E-state index contributed by atoms with van der Waals surface area (Å²) in [5.41, 5.74) is 3.79. The third-order valence-electron chi connectivity index (χ3n) is 3.35. The summed E-state index contributed by atoms with van der Waals surface area (Å²) in [5.74, 6) is 0.767. The largest absolute Gasteiger partial charge is 0.441 e. The minimum absolute atomic E-state index is 0.762. The fourth-order valence-corrected chi connectivity index (χ4v) is 2.37. The van der Waals surface area contributed by atoms with Crippen LogP contribution in [0.15, 0.2) is 59.3 Å². The van der Waals surface area contributed by atoms with Crippen molar-refractivity contribution in [2.45, 2.75) is 12.8 Å². The van der Waals surface area contributed by atoms with Crippen molar-refractivity contribution in [2.24, 2.45) is 0 Å². The molecule has 98 valence electrons. The van der Waals surface area contributed by atoms with Gasteiger partial charge in [0.25, 0.3) is 0 Å². The maximum atomic E-state index is 5.72. The van der Waals surface area contributed by atoms with E-state index in [-0.39, 0.29) is 0 Å². The van der Waals surface area contributed by atoms with Crippen LogP contribution in [0.4, 0.5) is 0 Å². The molecule has 0 unspecified atom stereocenters. The molecule has 4 heteroatoms. The number of fused-ring (bicyclic) bond motifs is 2. The van der Waals surface area contributed by atoms with E-state index in [4.69, 9.17) is 4.42 Å². The Balaban J connectivity index is 1.57. The van der Waals surface area contributed by atoms with E-state index in [0.29, 0.717) is 0 Å². The zero-order valence-electron chi connectivity index (χ0n) is 10.9. The number of oxazole rings is 1. The van der Waals surface area contributed by atoms with Crippen LogP contribution in [-0.4, -0.2) is 14.4 Å². The zero-order valence-corrected chi connectivity index (χ0v) is 10.9. The van der Waals surface area contributed by atoms with Crippen LogP contribution in [0.5, 0.6) is 0 Å². The zero-order chi connectivity index (χ0) is 13.4. The molecule has 0 N–H and O–H groups in total. The Labute approximate surface area is 115 Å². The van der Waals surface area contributed by atoms with E-state index in [1.807, 2.05) is 53.1 Å². The third-order valence-corrected chi connectivity index (χ3v) is 3.35. The Morgan fingerprint density at radius 3 is 2.75 bits per heavy atom. The molecule has 4 aromatic rings. The molecule has 0 saturated carbocycles. The number of benzene rings is 1. The van der Waals surface area contributed by atoms with Crippen LogP contribution in [0.25, 0.3) is 16.7 Å². The third kappa shape index (κ3) is 1.95. The van der Waals surface area contributed by atoms with Crippen LogP contribution >= 0.6 is 0 Å². The van der Waals surface area contributed by atoms with E-state index in [2.05, 4.69) is 16.2 Å². The quantitative estimate of drug-likeness (QED) is 0.570. The number of para-hydroxylation sites is 2. The van der Waals surface area contributed by atoms with Crippen molar-refractivity contribution >= 4 is 16.7 Å². The van der Waals surface area contributed by atoms with E-state index in [1.165, 1.54) is 0 Å². The average molecular weight is 263 g/mol. The number of imidazole rings is 1. The summed E-state index contributed by atoms with van der Waals surface area (Å²) in [6, 6.07) is 13.8. The highest BCUT2D eigenvalue weighted by atomic mass is 16.3. The summed E-state index contributed by atoms with van der Waals surface area (Å²) in [4.78, 5) is 9.06. The Kier molecular flexibility index (Phi) is 2.52. The van der Waals surface area contributed by atoms with Gasteiger partial charge in [-0.3, -0.25) is 0 Å². The number of nitrogens with zero attached hydrogens (tertiary/aromatic N) is 3. The van der Waals surface area contributed by atoms with Gasteiger partial charge in [0.05, 0.1) is 5.69 Å². The summed E-state index contributed by atoms with van der Waals surface area (Å²) in [6.07, 6.45) is 5.65. The first kappa shape index (κ1) is 11.2. The molecule has 0 amide bonds. The highest BCUT2D eigenvalue weighted by molar-refractivity contribution is 5.72. The number of hydrogen-bond donors (Lipinski definition) is 0. The van der Waals surface area contributed by atoms with Gasteiger partial charge in [0.2, 0.25) is 0 Å². The van der Waals surface area contributed by atoms with E-state index in [1.54, 1.807) is 0 Å². The maximum absolute atomic E-state index is 5.72. The molecule has 0 spiro atoms. The van der Waals surface area contributed by atoms with Gasteiger partial charge in [-0.1, -0.05) is 18.2 Å². The van der Waals surface area contributed by atoms with Gasteiger partial charge >= 0.3 is 0 Å². The van der Waals surface area contributed by atoms with Crippen LogP contribution in [0.2, 0.25) is 0 Å². The Morgan fingerprint density at radius 1 is 0.950 bits per heavy atom. The van der Waals surface area contributed by atoms with Crippen molar-refractivity contribution in [2.75, 3.05) is 0 Å². The van der Waals surface area contributed by atoms with Gasteiger partial charge in [-0.25, -0.2) is 9.97 Å². The number of pyridine rings is 1. The summed E-state index contributed by atoms with van der Waals surface area (Å²) >= 11 is 0. The second-order valence-corrected chi connectivity index (χ2v) is 4.77. The standard InChI is InChI=1S/C16H13N3O/c1-2-6-14-13(5-1)18-16(20-14)9-8-12-11-19-10-4-3-7-15(19)17-12/h1-7,10-11H,8-9H2.